The summed E-state index contributed by atoms with van der Waals surface area (Å²) in [6, 6.07) is 0. The third kappa shape index (κ3) is 10.3. The van der Waals surface area contributed by atoms with E-state index in [1.165, 1.54) is 11.3 Å². The molecule has 108 valence electrons. The van der Waals surface area contributed by atoms with Crippen molar-refractivity contribution >= 4 is 5.91 Å². The third-order valence-corrected chi connectivity index (χ3v) is 2.29. The molecule has 0 saturated carbocycles. The molecule has 7 heteroatoms. The van der Waals surface area contributed by atoms with Gasteiger partial charge in [0, 0.05) is 27.2 Å². The fourth-order valence-electron chi connectivity index (χ4n) is 0.937. The van der Waals surface area contributed by atoms with Gasteiger partial charge in [0.25, 0.3) is 0 Å². The van der Waals surface area contributed by atoms with Crippen LogP contribution in [-0.2, 0) is 9.53 Å². The average molecular weight is 270 g/mol. The van der Waals surface area contributed by atoms with Gasteiger partial charge in [-0.05, 0) is 13.3 Å². The van der Waals surface area contributed by atoms with E-state index in [4.69, 9.17) is 4.74 Å². The van der Waals surface area contributed by atoms with Crippen LogP contribution in [0.25, 0.3) is 0 Å². The van der Waals surface area contributed by atoms with Gasteiger partial charge in [-0.2, -0.15) is 13.2 Å². The van der Waals surface area contributed by atoms with Crippen LogP contribution in [0, 0.1) is 0 Å². The Balaban J connectivity index is 0.000000473. The quantitative estimate of drug-likeness (QED) is 0.785. The van der Waals surface area contributed by atoms with Gasteiger partial charge in [0.1, 0.15) is 0 Å². The summed E-state index contributed by atoms with van der Waals surface area (Å²) in [7, 11) is 3.10. The Morgan fingerprint density at radius 1 is 1.44 bits per heavy atom. The topological polar surface area (TPSA) is 41.6 Å². The molecule has 1 rings (SSSR count). The highest BCUT2D eigenvalue weighted by Gasteiger charge is 2.26. The molecule has 1 aliphatic heterocycles. The number of hydrogen-bond acceptors (Lipinski definition) is 3. The zero-order chi connectivity index (χ0) is 14.2. The minimum atomic E-state index is -4.16. The summed E-state index contributed by atoms with van der Waals surface area (Å²) in [6.45, 7) is 2.80. The van der Waals surface area contributed by atoms with E-state index in [1.807, 2.05) is 0 Å². The zero-order valence-electron chi connectivity index (χ0n) is 11.0. The number of hydrogen-bond donors (Lipinski definition) is 1. The van der Waals surface area contributed by atoms with Crippen molar-refractivity contribution < 1.29 is 22.7 Å². The second kappa shape index (κ2) is 8.31. The molecule has 0 aliphatic carbocycles. The zero-order valence-corrected chi connectivity index (χ0v) is 11.0. The Kier molecular flexibility index (Phi) is 7.93. The summed E-state index contributed by atoms with van der Waals surface area (Å²) < 4.78 is 39.7. The lowest BCUT2D eigenvalue weighted by Crippen LogP contribution is -2.34. The minimum Gasteiger partial charge on any atom is -0.378 e. The summed E-state index contributed by atoms with van der Waals surface area (Å²) >= 11 is 0. The predicted molar refractivity (Wildman–Crippen MR) is 62.3 cm³/mol. The van der Waals surface area contributed by atoms with Crippen LogP contribution in [0.3, 0.4) is 0 Å². The first-order valence-corrected chi connectivity index (χ1v) is 5.81. The molecular formula is C11H21F3N2O2. The Bertz CT molecular complexity index is 241. The van der Waals surface area contributed by atoms with Crippen molar-refractivity contribution in [3.05, 3.63) is 0 Å². The van der Waals surface area contributed by atoms with Crippen molar-refractivity contribution in [2.75, 3.05) is 33.8 Å². The maximum absolute atomic E-state index is 11.6. The summed E-state index contributed by atoms with van der Waals surface area (Å²) in [6.07, 6.45) is -3.24. The van der Waals surface area contributed by atoms with Gasteiger partial charge < -0.3 is 15.0 Å². The molecule has 0 aromatic heterocycles. The number of carbonyl (C=O) groups excluding carboxylic acids is 1. The van der Waals surface area contributed by atoms with Crippen molar-refractivity contribution in [1.29, 1.82) is 0 Å². The number of alkyl halides is 3. The van der Waals surface area contributed by atoms with Gasteiger partial charge in [-0.15, -0.1) is 0 Å². The highest BCUT2D eigenvalue weighted by molar-refractivity contribution is 5.77. The Morgan fingerprint density at radius 3 is 2.22 bits per heavy atom. The van der Waals surface area contributed by atoms with Crippen LogP contribution in [0.4, 0.5) is 13.2 Å². The lowest BCUT2D eigenvalue weighted by atomic mass is 10.2. The molecule has 18 heavy (non-hydrogen) atoms. The number of halogens is 3. The van der Waals surface area contributed by atoms with E-state index in [-0.39, 0.29) is 19.0 Å². The third-order valence-electron chi connectivity index (χ3n) is 2.29. The van der Waals surface area contributed by atoms with Gasteiger partial charge in [0.15, 0.2) is 0 Å². The number of amides is 1. The minimum absolute atomic E-state index is 0.0525. The first-order valence-electron chi connectivity index (χ1n) is 5.81. The van der Waals surface area contributed by atoms with E-state index in [0.717, 1.165) is 6.61 Å². The molecule has 1 fully saturated rings. The Morgan fingerprint density at radius 2 is 1.94 bits per heavy atom. The normalized spacial score (nSPS) is 18.4. The van der Waals surface area contributed by atoms with E-state index in [2.05, 4.69) is 12.2 Å². The van der Waals surface area contributed by atoms with Crippen molar-refractivity contribution in [3.63, 3.8) is 0 Å². The monoisotopic (exact) mass is 270 g/mol. The van der Waals surface area contributed by atoms with Crippen LogP contribution in [0.1, 0.15) is 19.8 Å². The van der Waals surface area contributed by atoms with E-state index >= 15 is 0 Å². The first kappa shape index (κ1) is 17.2. The molecule has 0 aromatic rings. The number of nitrogens with zero attached hydrogens (tertiary/aromatic N) is 1. The van der Waals surface area contributed by atoms with Crippen LogP contribution in [0.2, 0.25) is 0 Å². The highest BCUT2D eigenvalue weighted by Crippen LogP contribution is 2.17. The summed E-state index contributed by atoms with van der Waals surface area (Å²) in [5.41, 5.74) is 0. The van der Waals surface area contributed by atoms with Gasteiger partial charge >= 0.3 is 6.18 Å². The standard InChI is InChI=1S/C7H13F3N2O.C4H8O/c1-12(2)6(13)5-11-4-3-7(8,9)10;1-4-2-3-5-4/h11H,3-5H2,1-2H3;4H,2-3H2,1H3. The molecule has 1 atom stereocenters. The first-order chi connectivity index (χ1) is 8.22. The van der Waals surface area contributed by atoms with E-state index < -0.39 is 12.6 Å². The Labute approximate surface area is 105 Å². The van der Waals surface area contributed by atoms with Gasteiger partial charge in [-0.25, -0.2) is 0 Å². The lowest BCUT2D eigenvalue weighted by Gasteiger charge is -2.20. The van der Waals surface area contributed by atoms with Gasteiger partial charge in [0.2, 0.25) is 5.91 Å². The molecule has 0 bridgehead atoms. The maximum atomic E-state index is 11.6. The fraction of sp³-hybridized carbons (Fsp3) is 0.909. The second-order valence-electron chi connectivity index (χ2n) is 4.30. The van der Waals surface area contributed by atoms with Gasteiger partial charge in [-0.3, -0.25) is 4.79 Å². The fourth-order valence-corrected chi connectivity index (χ4v) is 0.937. The van der Waals surface area contributed by atoms with Gasteiger partial charge in [0.05, 0.1) is 19.1 Å². The SMILES string of the molecule is CC1CCO1.CN(C)C(=O)CNCCC(F)(F)F. The molecule has 0 aromatic carbocycles. The summed E-state index contributed by atoms with van der Waals surface area (Å²) in [4.78, 5) is 12.2. The molecule has 4 nitrogen and oxygen atoms in total. The number of carbonyl (C=O) groups is 1. The van der Waals surface area contributed by atoms with Crippen molar-refractivity contribution in [3.8, 4) is 0 Å². The smallest absolute Gasteiger partial charge is 0.378 e. The largest absolute Gasteiger partial charge is 0.390 e. The molecule has 1 unspecified atom stereocenters. The molecule has 1 aliphatic rings. The van der Waals surface area contributed by atoms with Crippen LogP contribution in [-0.4, -0.2) is 56.9 Å². The summed E-state index contributed by atoms with van der Waals surface area (Å²) in [5, 5.41) is 2.41. The molecule has 1 heterocycles. The predicted octanol–water partition coefficient (Wildman–Crippen LogP) is 1.41. The maximum Gasteiger partial charge on any atom is 0.390 e. The lowest BCUT2D eigenvalue weighted by molar-refractivity contribution is -0.135. The van der Waals surface area contributed by atoms with E-state index in [0.29, 0.717) is 6.10 Å². The average Bonchev–Trinajstić information content (AvgIpc) is 2.20. The number of rotatable bonds is 4. The summed E-state index contributed by atoms with van der Waals surface area (Å²) in [5.74, 6) is -0.234. The Hall–Kier alpha value is -0.820. The molecule has 0 radical (unpaired) electrons. The van der Waals surface area contributed by atoms with Crippen LogP contribution < -0.4 is 5.32 Å². The van der Waals surface area contributed by atoms with E-state index in [9.17, 15) is 18.0 Å². The second-order valence-corrected chi connectivity index (χ2v) is 4.30. The highest BCUT2D eigenvalue weighted by atomic mass is 19.4. The number of likely N-dealkylation sites (N-methyl/N-ethyl adjacent to an activating group) is 1. The molecule has 1 N–H and O–H groups in total. The number of ether oxygens (including phenoxy) is 1. The van der Waals surface area contributed by atoms with E-state index in [1.54, 1.807) is 14.1 Å². The van der Waals surface area contributed by atoms with Crippen LogP contribution in [0.15, 0.2) is 0 Å². The van der Waals surface area contributed by atoms with Crippen LogP contribution >= 0.6 is 0 Å². The molecule has 0 spiro atoms. The van der Waals surface area contributed by atoms with Crippen LogP contribution in [0.5, 0.6) is 0 Å². The van der Waals surface area contributed by atoms with Gasteiger partial charge in [-0.1, -0.05) is 0 Å². The van der Waals surface area contributed by atoms with Crippen molar-refractivity contribution in [2.24, 2.45) is 0 Å². The molecule has 1 saturated heterocycles. The molecule has 1 amide bonds. The molecular weight excluding hydrogens is 249 g/mol. The van der Waals surface area contributed by atoms with Crippen molar-refractivity contribution in [1.82, 2.24) is 10.2 Å². The van der Waals surface area contributed by atoms with Crippen molar-refractivity contribution in [2.45, 2.75) is 32.0 Å². The number of nitrogens with one attached hydrogen (secondary N) is 1.